The molecule has 1 amide bonds. The highest BCUT2D eigenvalue weighted by molar-refractivity contribution is 5.79. The molecule has 0 radical (unpaired) electrons. The van der Waals surface area contributed by atoms with Gasteiger partial charge in [0.2, 0.25) is 5.91 Å². The van der Waals surface area contributed by atoms with Crippen LogP contribution in [0.25, 0.3) is 0 Å². The van der Waals surface area contributed by atoms with Gasteiger partial charge in [-0.2, -0.15) is 5.06 Å². The van der Waals surface area contributed by atoms with E-state index in [4.69, 9.17) is 5.11 Å². The van der Waals surface area contributed by atoms with Crippen LogP contribution in [0.2, 0.25) is 0 Å². The molecule has 1 fully saturated rings. The molecule has 3 N–H and O–H groups in total. The molecule has 0 bridgehead atoms. The molecule has 1 unspecified atom stereocenters. The summed E-state index contributed by atoms with van der Waals surface area (Å²) in [6.07, 6.45) is 6.55. The summed E-state index contributed by atoms with van der Waals surface area (Å²) in [5.74, 6) is -0.814. The standard InChI is InChI=1S/C21H38N2O5/c1-16(25)22(11-7-6-8-17(15-24)9-10-19(26)27)14-18-12-20(2,3)23(28)21(4,5)13-18/h9-10,17-18,24,28H,6-8,11-15H2,1-5H3,(H,26,27)/b10-9+. The Morgan fingerprint density at radius 1 is 1.18 bits per heavy atom. The number of unbranched alkanes of at least 4 members (excludes halogenated alkanes) is 1. The average molecular weight is 399 g/mol. The predicted molar refractivity (Wildman–Crippen MR) is 108 cm³/mol. The third-order valence-electron chi connectivity index (χ3n) is 5.65. The van der Waals surface area contributed by atoms with Crippen LogP contribution in [0.1, 0.15) is 66.7 Å². The molecule has 1 aliphatic heterocycles. The van der Waals surface area contributed by atoms with Crippen molar-refractivity contribution in [1.29, 1.82) is 0 Å². The molecule has 0 aromatic carbocycles. The van der Waals surface area contributed by atoms with Gasteiger partial charge in [-0.1, -0.05) is 12.5 Å². The first-order chi connectivity index (χ1) is 12.9. The minimum atomic E-state index is -1.01. The molecule has 28 heavy (non-hydrogen) atoms. The van der Waals surface area contributed by atoms with E-state index in [1.807, 2.05) is 32.6 Å². The molecule has 1 heterocycles. The van der Waals surface area contributed by atoms with Gasteiger partial charge >= 0.3 is 5.97 Å². The molecular formula is C21H38N2O5. The van der Waals surface area contributed by atoms with Crippen molar-refractivity contribution in [2.24, 2.45) is 11.8 Å². The van der Waals surface area contributed by atoms with Crippen LogP contribution in [0.15, 0.2) is 12.2 Å². The van der Waals surface area contributed by atoms with Crippen molar-refractivity contribution in [2.45, 2.75) is 77.8 Å². The number of aliphatic carboxylic acids is 1. The lowest BCUT2D eigenvalue weighted by molar-refractivity contribution is -0.251. The second kappa shape index (κ2) is 10.4. The number of piperidine rings is 1. The minimum absolute atomic E-state index is 0.0477. The maximum atomic E-state index is 12.1. The van der Waals surface area contributed by atoms with Crippen molar-refractivity contribution in [1.82, 2.24) is 9.96 Å². The number of hydrogen-bond donors (Lipinski definition) is 3. The van der Waals surface area contributed by atoms with E-state index in [-0.39, 0.29) is 29.5 Å². The Labute approximate surface area is 169 Å². The highest BCUT2D eigenvalue weighted by Gasteiger charge is 2.45. The van der Waals surface area contributed by atoms with Gasteiger partial charge in [0, 0.05) is 49.7 Å². The van der Waals surface area contributed by atoms with Crippen molar-refractivity contribution in [3.8, 4) is 0 Å². The van der Waals surface area contributed by atoms with Gasteiger partial charge in [-0.05, 0) is 59.3 Å². The molecule has 0 spiro atoms. The zero-order chi connectivity index (χ0) is 21.5. The number of aliphatic hydroxyl groups excluding tert-OH is 1. The van der Waals surface area contributed by atoms with Gasteiger partial charge in [0.1, 0.15) is 0 Å². The number of carboxylic acid groups (broad SMARTS) is 1. The normalized spacial score (nSPS) is 21.0. The summed E-state index contributed by atoms with van der Waals surface area (Å²) in [5, 5.41) is 29.9. The van der Waals surface area contributed by atoms with Crippen LogP contribution in [0.3, 0.4) is 0 Å². The summed E-state index contributed by atoms with van der Waals surface area (Å²) in [6.45, 7) is 10.9. The maximum absolute atomic E-state index is 12.1. The lowest BCUT2D eigenvalue weighted by atomic mass is 9.75. The van der Waals surface area contributed by atoms with E-state index in [0.29, 0.717) is 25.4 Å². The smallest absolute Gasteiger partial charge is 0.327 e. The minimum Gasteiger partial charge on any atom is -0.478 e. The SMILES string of the molecule is CC(=O)N(CCCCC(/C=C/C(=O)O)CO)CC1CC(C)(C)N(O)C(C)(C)C1. The fourth-order valence-corrected chi connectivity index (χ4v) is 4.47. The Morgan fingerprint density at radius 3 is 2.21 bits per heavy atom. The summed E-state index contributed by atoms with van der Waals surface area (Å²) >= 11 is 0. The lowest BCUT2D eigenvalue weighted by Gasteiger charge is -2.52. The van der Waals surface area contributed by atoms with Gasteiger partial charge in [-0.15, -0.1) is 0 Å². The maximum Gasteiger partial charge on any atom is 0.327 e. The Hall–Kier alpha value is -1.44. The molecule has 7 nitrogen and oxygen atoms in total. The zero-order valence-electron chi connectivity index (χ0n) is 18.0. The zero-order valence-corrected chi connectivity index (χ0v) is 18.0. The monoisotopic (exact) mass is 398 g/mol. The molecular weight excluding hydrogens is 360 g/mol. The third-order valence-corrected chi connectivity index (χ3v) is 5.65. The van der Waals surface area contributed by atoms with Crippen LogP contribution in [-0.4, -0.2) is 68.0 Å². The van der Waals surface area contributed by atoms with E-state index >= 15 is 0 Å². The third kappa shape index (κ3) is 7.53. The molecule has 0 aromatic rings. The first kappa shape index (κ1) is 24.6. The van der Waals surface area contributed by atoms with Gasteiger partial charge in [-0.3, -0.25) is 4.79 Å². The van der Waals surface area contributed by atoms with Gasteiger partial charge in [0.15, 0.2) is 0 Å². The average Bonchev–Trinajstić information content (AvgIpc) is 2.57. The number of carbonyl (C=O) groups is 2. The largest absolute Gasteiger partial charge is 0.478 e. The van der Waals surface area contributed by atoms with Crippen molar-refractivity contribution in [2.75, 3.05) is 19.7 Å². The second-order valence-electron chi connectivity index (χ2n) is 9.31. The molecule has 0 aromatic heterocycles. The molecule has 0 saturated carbocycles. The van der Waals surface area contributed by atoms with Crippen LogP contribution in [0.5, 0.6) is 0 Å². The second-order valence-corrected chi connectivity index (χ2v) is 9.31. The molecule has 0 aliphatic carbocycles. The molecule has 162 valence electrons. The number of hydroxylamine groups is 2. The summed E-state index contributed by atoms with van der Waals surface area (Å²) < 4.78 is 0. The quantitative estimate of drug-likeness (QED) is 0.386. The van der Waals surface area contributed by atoms with Crippen LogP contribution in [-0.2, 0) is 9.59 Å². The Bertz CT molecular complexity index is 541. The number of carboxylic acids is 1. The topological polar surface area (TPSA) is 101 Å². The molecule has 1 atom stereocenters. The fraction of sp³-hybridized carbons (Fsp3) is 0.810. The van der Waals surface area contributed by atoms with Crippen LogP contribution in [0, 0.1) is 11.8 Å². The van der Waals surface area contributed by atoms with Crippen LogP contribution >= 0.6 is 0 Å². The number of hydrogen-bond acceptors (Lipinski definition) is 5. The van der Waals surface area contributed by atoms with E-state index in [9.17, 15) is 19.9 Å². The number of rotatable bonds is 10. The lowest BCUT2D eigenvalue weighted by Crippen LogP contribution is -2.60. The van der Waals surface area contributed by atoms with E-state index in [1.54, 1.807) is 6.92 Å². The first-order valence-corrected chi connectivity index (χ1v) is 10.2. The number of carbonyl (C=O) groups excluding carboxylic acids is 1. The van der Waals surface area contributed by atoms with E-state index in [2.05, 4.69) is 0 Å². The van der Waals surface area contributed by atoms with Gasteiger partial charge in [0.25, 0.3) is 0 Å². The fourth-order valence-electron chi connectivity index (χ4n) is 4.47. The van der Waals surface area contributed by atoms with Gasteiger partial charge in [0.05, 0.1) is 0 Å². The number of aliphatic hydroxyl groups is 1. The first-order valence-electron chi connectivity index (χ1n) is 10.2. The van der Waals surface area contributed by atoms with Crippen molar-refractivity contribution in [3.05, 3.63) is 12.2 Å². The molecule has 1 aliphatic rings. The summed E-state index contributed by atoms with van der Waals surface area (Å²) in [4.78, 5) is 24.6. The molecule has 1 rings (SSSR count). The highest BCUT2D eigenvalue weighted by Crippen LogP contribution is 2.40. The summed E-state index contributed by atoms with van der Waals surface area (Å²) in [6, 6.07) is 0. The van der Waals surface area contributed by atoms with Crippen LogP contribution < -0.4 is 0 Å². The predicted octanol–water partition coefficient (Wildman–Crippen LogP) is 2.91. The molecule has 7 heteroatoms. The Morgan fingerprint density at radius 2 is 1.75 bits per heavy atom. The summed E-state index contributed by atoms with van der Waals surface area (Å²) in [5.41, 5.74) is -0.667. The van der Waals surface area contributed by atoms with Crippen LogP contribution in [0.4, 0.5) is 0 Å². The Kier molecular flexibility index (Phi) is 9.11. The molecule has 1 saturated heterocycles. The van der Waals surface area contributed by atoms with Crippen molar-refractivity contribution < 1.29 is 25.0 Å². The number of nitrogens with zero attached hydrogens (tertiary/aromatic N) is 2. The van der Waals surface area contributed by atoms with Crippen molar-refractivity contribution in [3.63, 3.8) is 0 Å². The Balaban J connectivity index is 2.56. The highest BCUT2D eigenvalue weighted by atomic mass is 16.5. The number of amides is 1. The van der Waals surface area contributed by atoms with E-state index in [0.717, 1.165) is 31.8 Å². The summed E-state index contributed by atoms with van der Waals surface area (Å²) in [7, 11) is 0. The van der Waals surface area contributed by atoms with Gasteiger partial charge in [-0.25, -0.2) is 4.79 Å². The van der Waals surface area contributed by atoms with Crippen molar-refractivity contribution >= 4 is 11.9 Å². The van der Waals surface area contributed by atoms with E-state index in [1.165, 1.54) is 11.1 Å². The van der Waals surface area contributed by atoms with Gasteiger partial charge < -0.3 is 20.3 Å². The van der Waals surface area contributed by atoms with E-state index < -0.39 is 5.97 Å².